The minimum absolute atomic E-state index is 0.188. The molecule has 0 spiro atoms. The van der Waals surface area contributed by atoms with Crippen LogP contribution in [-0.2, 0) is 4.79 Å². The molecule has 0 aromatic heterocycles. The molecule has 4 heteroatoms. The molecule has 1 fully saturated rings. The molecule has 1 amide bonds. The van der Waals surface area contributed by atoms with Crippen molar-refractivity contribution < 1.29 is 9.90 Å². The average Bonchev–Trinajstić information content (AvgIpc) is 2.35. The van der Waals surface area contributed by atoms with Crippen LogP contribution in [0.15, 0.2) is 0 Å². The summed E-state index contributed by atoms with van der Waals surface area (Å²) in [5, 5.41) is 15.1. The Morgan fingerprint density at radius 1 is 1.47 bits per heavy atom. The summed E-state index contributed by atoms with van der Waals surface area (Å²) in [6.45, 7) is 5.10. The summed E-state index contributed by atoms with van der Waals surface area (Å²) in [4.78, 5) is 11.6. The van der Waals surface area contributed by atoms with Crippen LogP contribution in [0.3, 0.4) is 0 Å². The highest BCUT2D eigenvalue weighted by atomic mass is 16.3. The standard InChI is InChI=1S/C13H26N2O2/c1-11(10-16)3-2-6-15-13(17)9-12-4-7-14-8-5-12/h11-12,14,16H,2-10H2,1H3,(H,15,17). The van der Waals surface area contributed by atoms with Crippen molar-refractivity contribution in [2.24, 2.45) is 11.8 Å². The molecule has 100 valence electrons. The zero-order valence-corrected chi connectivity index (χ0v) is 10.9. The molecule has 0 aromatic rings. The van der Waals surface area contributed by atoms with E-state index in [1.807, 2.05) is 6.92 Å². The van der Waals surface area contributed by atoms with E-state index in [1.54, 1.807) is 0 Å². The van der Waals surface area contributed by atoms with Gasteiger partial charge in [0.1, 0.15) is 0 Å². The van der Waals surface area contributed by atoms with Crippen LogP contribution < -0.4 is 10.6 Å². The molecule has 4 nitrogen and oxygen atoms in total. The van der Waals surface area contributed by atoms with Crippen LogP contribution >= 0.6 is 0 Å². The van der Waals surface area contributed by atoms with Crippen LogP contribution in [0.25, 0.3) is 0 Å². The maximum Gasteiger partial charge on any atom is 0.220 e. The van der Waals surface area contributed by atoms with Gasteiger partial charge in [-0.1, -0.05) is 6.92 Å². The number of nitrogens with one attached hydrogen (secondary N) is 2. The second kappa shape index (κ2) is 8.48. The molecule has 1 aliphatic heterocycles. The van der Waals surface area contributed by atoms with Gasteiger partial charge < -0.3 is 15.7 Å². The van der Waals surface area contributed by atoms with E-state index in [2.05, 4.69) is 10.6 Å². The Balaban J connectivity index is 2.00. The summed E-state index contributed by atoms with van der Waals surface area (Å²) in [6, 6.07) is 0. The summed E-state index contributed by atoms with van der Waals surface area (Å²) in [6.07, 6.45) is 4.85. The normalized spacial score (nSPS) is 18.9. The van der Waals surface area contributed by atoms with E-state index in [1.165, 1.54) is 0 Å². The average molecular weight is 242 g/mol. The van der Waals surface area contributed by atoms with Gasteiger partial charge in [-0.2, -0.15) is 0 Å². The minimum atomic E-state index is 0.188. The number of aliphatic hydroxyl groups excluding tert-OH is 1. The number of aliphatic hydroxyl groups is 1. The van der Waals surface area contributed by atoms with Gasteiger partial charge in [0.15, 0.2) is 0 Å². The van der Waals surface area contributed by atoms with Gasteiger partial charge >= 0.3 is 0 Å². The van der Waals surface area contributed by atoms with Gasteiger partial charge in [0.2, 0.25) is 5.91 Å². The molecule has 17 heavy (non-hydrogen) atoms. The molecular weight excluding hydrogens is 216 g/mol. The van der Waals surface area contributed by atoms with Gasteiger partial charge in [-0.3, -0.25) is 4.79 Å². The van der Waals surface area contributed by atoms with Gasteiger partial charge in [-0.25, -0.2) is 0 Å². The fourth-order valence-corrected chi connectivity index (χ4v) is 2.19. The first-order valence-electron chi connectivity index (χ1n) is 6.80. The Bertz CT molecular complexity index is 215. The fraction of sp³-hybridized carbons (Fsp3) is 0.923. The zero-order chi connectivity index (χ0) is 12.5. The largest absolute Gasteiger partial charge is 0.396 e. The molecule has 1 saturated heterocycles. The number of hydrogen-bond donors (Lipinski definition) is 3. The maximum atomic E-state index is 11.6. The summed E-state index contributed by atoms with van der Waals surface area (Å²) < 4.78 is 0. The van der Waals surface area contributed by atoms with Crippen molar-refractivity contribution in [2.75, 3.05) is 26.2 Å². The van der Waals surface area contributed by atoms with Gasteiger partial charge in [0.05, 0.1) is 0 Å². The van der Waals surface area contributed by atoms with Crippen molar-refractivity contribution in [2.45, 2.75) is 39.0 Å². The third-order valence-electron chi connectivity index (χ3n) is 3.44. The highest BCUT2D eigenvalue weighted by molar-refractivity contribution is 5.76. The zero-order valence-electron chi connectivity index (χ0n) is 10.9. The molecule has 0 aromatic carbocycles. The number of carbonyl (C=O) groups is 1. The smallest absolute Gasteiger partial charge is 0.220 e. The minimum Gasteiger partial charge on any atom is -0.396 e. The molecule has 1 heterocycles. The Morgan fingerprint density at radius 3 is 2.82 bits per heavy atom. The molecule has 0 bridgehead atoms. The van der Waals surface area contributed by atoms with E-state index in [9.17, 15) is 4.79 Å². The lowest BCUT2D eigenvalue weighted by atomic mass is 9.94. The molecular formula is C13H26N2O2. The van der Waals surface area contributed by atoms with Crippen LogP contribution in [0.2, 0.25) is 0 Å². The Kier molecular flexibility index (Phi) is 7.21. The molecule has 1 unspecified atom stereocenters. The maximum absolute atomic E-state index is 11.6. The predicted molar refractivity (Wildman–Crippen MR) is 68.7 cm³/mol. The first kappa shape index (κ1) is 14.5. The summed E-state index contributed by atoms with van der Waals surface area (Å²) >= 11 is 0. The van der Waals surface area contributed by atoms with Crippen molar-refractivity contribution in [3.8, 4) is 0 Å². The Labute approximate surface area is 104 Å². The highest BCUT2D eigenvalue weighted by Crippen LogP contribution is 2.15. The number of hydrogen-bond acceptors (Lipinski definition) is 3. The van der Waals surface area contributed by atoms with Crippen molar-refractivity contribution in [1.29, 1.82) is 0 Å². The molecule has 0 saturated carbocycles. The molecule has 3 N–H and O–H groups in total. The lowest BCUT2D eigenvalue weighted by molar-refractivity contribution is -0.122. The van der Waals surface area contributed by atoms with Gasteiger partial charge in [0, 0.05) is 19.6 Å². The van der Waals surface area contributed by atoms with Gasteiger partial charge in [-0.15, -0.1) is 0 Å². The third kappa shape index (κ3) is 6.64. The first-order chi connectivity index (χ1) is 8.22. The van der Waals surface area contributed by atoms with Gasteiger partial charge in [-0.05, 0) is 50.6 Å². The first-order valence-corrected chi connectivity index (χ1v) is 6.80. The highest BCUT2D eigenvalue weighted by Gasteiger charge is 2.16. The Hall–Kier alpha value is -0.610. The molecule has 1 aliphatic rings. The summed E-state index contributed by atoms with van der Waals surface area (Å²) in [5.74, 6) is 1.09. The number of rotatable bonds is 7. The van der Waals surface area contributed by atoms with Crippen LogP contribution in [0.4, 0.5) is 0 Å². The van der Waals surface area contributed by atoms with Crippen molar-refractivity contribution in [1.82, 2.24) is 10.6 Å². The molecule has 1 rings (SSSR count). The Morgan fingerprint density at radius 2 is 2.18 bits per heavy atom. The number of piperidine rings is 1. The van der Waals surface area contributed by atoms with E-state index < -0.39 is 0 Å². The molecule has 0 radical (unpaired) electrons. The van der Waals surface area contributed by atoms with Gasteiger partial charge in [0.25, 0.3) is 0 Å². The van der Waals surface area contributed by atoms with Crippen LogP contribution in [-0.4, -0.2) is 37.3 Å². The SMILES string of the molecule is CC(CO)CCCNC(=O)CC1CCNCC1. The topological polar surface area (TPSA) is 61.4 Å². The van der Waals surface area contributed by atoms with E-state index in [0.717, 1.165) is 45.3 Å². The third-order valence-corrected chi connectivity index (χ3v) is 3.44. The van der Waals surface area contributed by atoms with Crippen molar-refractivity contribution in [3.63, 3.8) is 0 Å². The van der Waals surface area contributed by atoms with E-state index >= 15 is 0 Å². The summed E-state index contributed by atoms with van der Waals surface area (Å²) in [7, 11) is 0. The molecule has 0 aliphatic carbocycles. The predicted octanol–water partition coefficient (Wildman–Crippen LogP) is 0.901. The van der Waals surface area contributed by atoms with E-state index in [0.29, 0.717) is 18.3 Å². The quantitative estimate of drug-likeness (QED) is 0.581. The number of carbonyl (C=O) groups excluding carboxylic acids is 1. The number of amides is 1. The van der Waals surface area contributed by atoms with E-state index in [-0.39, 0.29) is 12.5 Å². The van der Waals surface area contributed by atoms with Crippen LogP contribution in [0, 0.1) is 11.8 Å². The monoisotopic (exact) mass is 242 g/mol. The van der Waals surface area contributed by atoms with Crippen LogP contribution in [0.1, 0.15) is 39.0 Å². The van der Waals surface area contributed by atoms with Crippen LogP contribution in [0.5, 0.6) is 0 Å². The van der Waals surface area contributed by atoms with E-state index in [4.69, 9.17) is 5.11 Å². The second-order valence-electron chi connectivity index (χ2n) is 5.18. The lowest BCUT2D eigenvalue weighted by Gasteiger charge is -2.21. The van der Waals surface area contributed by atoms with Crippen molar-refractivity contribution >= 4 is 5.91 Å². The lowest BCUT2D eigenvalue weighted by Crippen LogP contribution is -2.32. The van der Waals surface area contributed by atoms with Crippen molar-refractivity contribution in [3.05, 3.63) is 0 Å². The fourth-order valence-electron chi connectivity index (χ4n) is 2.19. The molecule has 1 atom stereocenters. The summed E-state index contributed by atoms with van der Waals surface area (Å²) in [5.41, 5.74) is 0. The second-order valence-corrected chi connectivity index (χ2v) is 5.18.